The molecule has 0 saturated carbocycles. The summed E-state index contributed by atoms with van der Waals surface area (Å²) in [7, 11) is -3.22. The van der Waals surface area contributed by atoms with Gasteiger partial charge in [-0.25, -0.2) is 13.2 Å². The fourth-order valence-corrected chi connectivity index (χ4v) is 5.11. The maximum atomic E-state index is 13.1. The van der Waals surface area contributed by atoms with E-state index < -0.39 is 56.2 Å². The summed E-state index contributed by atoms with van der Waals surface area (Å²) in [5.74, 6) is -1.43. The number of nitrogens with zero attached hydrogens (tertiary/aromatic N) is 2. The highest BCUT2D eigenvalue weighted by Crippen LogP contribution is 2.32. The number of nitro benzene ring substituents is 1. The Hall–Kier alpha value is -3.35. The van der Waals surface area contributed by atoms with Crippen LogP contribution in [-0.2, 0) is 30.9 Å². The average molecular weight is 464 g/mol. The molecule has 32 heavy (non-hydrogen) atoms. The molecule has 0 radical (unpaired) electrons. The SMILES string of the molecule is COC(=O)c1ccc(COC(=O)[C@@H]2C[C@H](O)CN2S(=O)(=O)c2ccccc2[N+](=O)[O-])cc1. The van der Waals surface area contributed by atoms with Crippen LogP contribution in [0, 0.1) is 10.1 Å². The minimum atomic E-state index is -4.46. The molecule has 0 bridgehead atoms. The summed E-state index contributed by atoms with van der Waals surface area (Å²) >= 11 is 0. The fraction of sp³-hybridized carbons (Fsp3) is 0.300. The van der Waals surface area contributed by atoms with Crippen LogP contribution < -0.4 is 0 Å². The Morgan fingerprint density at radius 3 is 2.47 bits per heavy atom. The molecule has 1 aliphatic heterocycles. The standard InChI is InChI=1S/C20H20N2O9S/c1-30-19(24)14-8-6-13(7-9-14)12-31-20(25)17-10-15(23)11-21(17)32(28,29)18-5-3-2-4-16(18)22(26)27/h2-9,15,17,23H,10-12H2,1H3/t15-,17-/m0/s1. The third kappa shape index (κ3) is 4.77. The van der Waals surface area contributed by atoms with E-state index in [4.69, 9.17) is 4.74 Å². The quantitative estimate of drug-likeness (QED) is 0.362. The Kier molecular flexibility index (Phi) is 6.87. The number of hydrogen-bond acceptors (Lipinski definition) is 9. The lowest BCUT2D eigenvalue weighted by Gasteiger charge is -2.22. The van der Waals surface area contributed by atoms with Gasteiger partial charge in [0.2, 0.25) is 0 Å². The van der Waals surface area contributed by atoms with Crippen molar-refractivity contribution in [2.24, 2.45) is 0 Å². The number of aliphatic hydroxyl groups excluding tert-OH is 1. The van der Waals surface area contributed by atoms with Crippen molar-refractivity contribution in [3.05, 3.63) is 69.8 Å². The van der Waals surface area contributed by atoms with E-state index >= 15 is 0 Å². The third-order valence-electron chi connectivity index (χ3n) is 4.91. The van der Waals surface area contributed by atoms with Gasteiger partial charge in [0.15, 0.2) is 4.90 Å². The molecule has 1 aliphatic rings. The molecule has 12 heteroatoms. The first kappa shape index (κ1) is 23.3. The first-order valence-corrected chi connectivity index (χ1v) is 10.9. The Morgan fingerprint density at radius 2 is 1.84 bits per heavy atom. The van der Waals surface area contributed by atoms with Crippen molar-refractivity contribution in [2.45, 2.75) is 30.1 Å². The minimum absolute atomic E-state index is 0.202. The van der Waals surface area contributed by atoms with Gasteiger partial charge in [-0.1, -0.05) is 24.3 Å². The highest BCUT2D eigenvalue weighted by molar-refractivity contribution is 7.89. The Bertz CT molecular complexity index is 1130. The summed E-state index contributed by atoms with van der Waals surface area (Å²) in [5.41, 5.74) is 0.215. The molecule has 3 rings (SSSR count). The predicted octanol–water partition coefficient (Wildman–Crippen LogP) is 1.25. The summed E-state index contributed by atoms with van der Waals surface area (Å²) < 4.78 is 36.7. The van der Waals surface area contributed by atoms with Gasteiger partial charge in [0.05, 0.1) is 23.7 Å². The van der Waals surface area contributed by atoms with Gasteiger partial charge in [0.1, 0.15) is 12.6 Å². The van der Waals surface area contributed by atoms with Crippen molar-refractivity contribution in [3.8, 4) is 0 Å². The number of sulfonamides is 1. The normalized spacial score (nSPS) is 18.8. The lowest BCUT2D eigenvalue weighted by molar-refractivity contribution is -0.387. The summed E-state index contributed by atoms with van der Waals surface area (Å²) in [5, 5.41) is 21.3. The number of carbonyl (C=O) groups excluding carboxylic acids is 2. The van der Waals surface area contributed by atoms with Crippen LogP contribution in [0.5, 0.6) is 0 Å². The van der Waals surface area contributed by atoms with Crippen molar-refractivity contribution < 1.29 is 37.5 Å². The summed E-state index contributed by atoms with van der Waals surface area (Å²) in [6.45, 7) is -0.603. The monoisotopic (exact) mass is 464 g/mol. The minimum Gasteiger partial charge on any atom is -0.465 e. The number of methoxy groups -OCH3 is 1. The second-order valence-corrected chi connectivity index (χ2v) is 8.86. The van der Waals surface area contributed by atoms with Crippen LogP contribution in [0.4, 0.5) is 5.69 Å². The highest BCUT2D eigenvalue weighted by atomic mass is 32.2. The Labute approximate surface area is 183 Å². The van der Waals surface area contributed by atoms with Gasteiger partial charge < -0.3 is 14.6 Å². The van der Waals surface area contributed by atoms with Gasteiger partial charge in [0.25, 0.3) is 15.7 Å². The molecular formula is C20H20N2O9S. The Morgan fingerprint density at radius 1 is 1.19 bits per heavy atom. The summed E-state index contributed by atoms with van der Waals surface area (Å²) in [6.07, 6.45) is -1.34. The van der Waals surface area contributed by atoms with Gasteiger partial charge in [-0.05, 0) is 23.8 Å². The number of nitro groups is 1. The lowest BCUT2D eigenvalue weighted by atomic mass is 10.1. The van der Waals surface area contributed by atoms with Crippen LogP contribution >= 0.6 is 0 Å². The van der Waals surface area contributed by atoms with Gasteiger partial charge in [-0.2, -0.15) is 4.31 Å². The van der Waals surface area contributed by atoms with Crippen molar-refractivity contribution in [2.75, 3.05) is 13.7 Å². The van der Waals surface area contributed by atoms with Gasteiger partial charge >= 0.3 is 11.9 Å². The first-order chi connectivity index (χ1) is 15.1. The van der Waals surface area contributed by atoms with Gasteiger partial charge in [0, 0.05) is 19.0 Å². The van der Waals surface area contributed by atoms with Crippen molar-refractivity contribution >= 4 is 27.6 Å². The molecule has 0 unspecified atom stereocenters. The van der Waals surface area contributed by atoms with E-state index in [9.17, 15) is 33.2 Å². The maximum Gasteiger partial charge on any atom is 0.337 e. The topological polar surface area (TPSA) is 153 Å². The van der Waals surface area contributed by atoms with E-state index in [1.54, 1.807) is 12.1 Å². The molecule has 1 N–H and O–H groups in total. The van der Waals surface area contributed by atoms with Gasteiger partial charge in [-0.3, -0.25) is 14.9 Å². The lowest BCUT2D eigenvalue weighted by Crippen LogP contribution is -2.41. The van der Waals surface area contributed by atoms with Crippen LogP contribution in [0.1, 0.15) is 22.3 Å². The largest absolute Gasteiger partial charge is 0.465 e. The van der Waals surface area contributed by atoms with E-state index in [1.807, 2.05) is 0 Å². The summed E-state index contributed by atoms with van der Waals surface area (Å²) in [4.78, 5) is 34.0. The van der Waals surface area contributed by atoms with Crippen LogP contribution in [0.3, 0.4) is 0 Å². The van der Waals surface area contributed by atoms with E-state index in [2.05, 4.69) is 4.74 Å². The second kappa shape index (κ2) is 9.42. The number of rotatable bonds is 7. The smallest absolute Gasteiger partial charge is 0.337 e. The number of hydrogen-bond donors (Lipinski definition) is 1. The number of esters is 2. The molecule has 11 nitrogen and oxygen atoms in total. The van der Waals surface area contributed by atoms with Crippen LogP contribution in [0.15, 0.2) is 53.4 Å². The zero-order chi connectivity index (χ0) is 23.5. The molecule has 0 aliphatic carbocycles. The molecule has 2 aromatic rings. The zero-order valence-electron chi connectivity index (χ0n) is 16.9. The molecule has 2 aromatic carbocycles. The predicted molar refractivity (Wildman–Crippen MR) is 109 cm³/mol. The number of para-hydroxylation sites is 1. The summed E-state index contributed by atoms with van der Waals surface area (Å²) in [6, 6.07) is 9.50. The third-order valence-corrected chi connectivity index (χ3v) is 6.83. The van der Waals surface area contributed by atoms with E-state index in [0.29, 0.717) is 11.1 Å². The highest BCUT2D eigenvalue weighted by Gasteiger charge is 2.46. The molecule has 0 amide bonds. The number of aliphatic hydroxyl groups is 1. The molecule has 1 fully saturated rings. The van der Waals surface area contributed by atoms with Crippen molar-refractivity contribution in [1.82, 2.24) is 4.31 Å². The molecule has 1 heterocycles. The fourth-order valence-electron chi connectivity index (χ4n) is 3.32. The van der Waals surface area contributed by atoms with Gasteiger partial charge in [-0.15, -0.1) is 0 Å². The van der Waals surface area contributed by atoms with Crippen LogP contribution in [-0.4, -0.2) is 60.5 Å². The zero-order valence-corrected chi connectivity index (χ0v) is 17.7. The van der Waals surface area contributed by atoms with Crippen LogP contribution in [0.2, 0.25) is 0 Å². The van der Waals surface area contributed by atoms with E-state index in [1.165, 1.54) is 31.4 Å². The maximum absolute atomic E-state index is 13.1. The second-order valence-electron chi connectivity index (χ2n) is 7.00. The molecule has 0 aromatic heterocycles. The number of benzene rings is 2. The molecule has 0 spiro atoms. The molecule has 170 valence electrons. The first-order valence-electron chi connectivity index (χ1n) is 9.42. The van der Waals surface area contributed by atoms with E-state index in [0.717, 1.165) is 16.4 Å². The Balaban J connectivity index is 1.77. The van der Waals surface area contributed by atoms with Crippen LogP contribution in [0.25, 0.3) is 0 Å². The van der Waals surface area contributed by atoms with E-state index in [-0.39, 0.29) is 13.0 Å². The van der Waals surface area contributed by atoms with Crippen molar-refractivity contribution in [3.63, 3.8) is 0 Å². The molecular weight excluding hydrogens is 444 g/mol. The number of β-amino-alcohol motifs (C(OH)–C–C–N with tert-alkyl or cyclic N) is 1. The molecule has 1 saturated heterocycles. The number of ether oxygens (including phenoxy) is 2. The average Bonchev–Trinajstić information content (AvgIpc) is 3.20. The van der Waals surface area contributed by atoms with Crippen molar-refractivity contribution in [1.29, 1.82) is 0 Å². The number of carbonyl (C=O) groups is 2. The molecule has 2 atom stereocenters.